The van der Waals surface area contributed by atoms with E-state index >= 15 is 0 Å². The van der Waals surface area contributed by atoms with Crippen LogP contribution in [0.25, 0.3) is 0 Å². The van der Waals surface area contributed by atoms with Gasteiger partial charge >= 0.3 is 11.9 Å². The summed E-state index contributed by atoms with van der Waals surface area (Å²) in [6.45, 7) is 3.30. The first-order chi connectivity index (χ1) is 11.0. The maximum atomic E-state index is 11.0. The maximum absolute atomic E-state index is 11.0. The van der Waals surface area contributed by atoms with Crippen LogP contribution in [-0.2, 0) is 4.79 Å². The zero-order valence-electron chi connectivity index (χ0n) is 11.8. The van der Waals surface area contributed by atoms with Gasteiger partial charge in [0, 0.05) is 12.1 Å². The van der Waals surface area contributed by atoms with Gasteiger partial charge in [0.2, 0.25) is 0 Å². The molecule has 2 rings (SSSR count). The minimum absolute atomic E-state index is 0.211. The minimum Gasteiger partial charge on any atom is -0.507 e. The number of carbonyl (C=O) groups excluding carboxylic acids is 1. The Morgan fingerprint density at radius 1 is 1.04 bits per heavy atom. The molecule has 0 bridgehead atoms. The number of benzene rings is 2. The van der Waals surface area contributed by atoms with Crippen molar-refractivity contribution in [2.45, 2.75) is 0 Å². The molecule has 0 amide bonds. The number of rotatable bonds is 5. The van der Waals surface area contributed by atoms with E-state index in [2.05, 4.69) is 16.8 Å². The summed E-state index contributed by atoms with van der Waals surface area (Å²) in [5.74, 6) is -1.83. The highest BCUT2D eigenvalue weighted by atomic mass is 16.5. The van der Waals surface area contributed by atoms with Gasteiger partial charge in [0.05, 0.1) is 11.4 Å². The number of aromatic hydroxyl groups is 1. The Morgan fingerprint density at radius 2 is 1.65 bits per heavy atom. The lowest BCUT2D eigenvalue weighted by Crippen LogP contribution is -2.02. The van der Waals surface area contributed by atoms with Gasteiger partial charge in [-0.2, -0.15) is 10.2 Å². The first-order valence-corrected chi connectivity index (χ1v) is 6.42. The fourth-order valence-corrected chi connectivity index (χ4v) is 1.62. The molecule has 0 saturated carbocycles. The summed E-state index contributed by atoms with van der Waals surface area (Å²) in [4.78, 5) is 21.8. The highest BCUT2D eigenvalue weighted by molar-refractivity contribution is 5.91. The number of phenols is 1. The molecule has 0 atom stereocenters. The van der Waals surface area contributed by atoms with Crippen LogP contribution in [0.1, 0.15) is 10.4 Å². The molecule has 0 heterocycles. The average Bonchev–Trinajstić information content (AvgIpc) is 2.53. The highest BCUT2D eigenvalue weighted by Crippen LogP contribution is 2.26. The third kappa shape index (κ3) is 4.24. The lowest BCUT2D eigenvalue weighted by atomic mass is 10.2. The third-order valence-corrected chi connectivity index (χ3v) is 2.71. The van der Waals surface area contributed by atoms with Crippen LogP contribution in [0.2, 0.25) is 0 Å². The SMILES string of the molecule is C=CC(=O)Oc1ccc(N=Nc2ccc(C(=O)O)c(O)c2)cc1. The van der Waals surface area contributed by atoms with Gasteiger partial charge in [0.25, 0.3) is 0 Å². The lowest BCUT2D eigenvalue weighted by molar-refractivity contribution is -0.128. The Balaban J connectivity index is 2.11. The summed E-state index contributed by atoms with van der Waals surface area (Å²) in [6.07, 6.45) is 1.06. The zero-order chi connectivity index (χ0) is 16.8. The molecule has 2 aromatic carbocycles. The summed E-state index contributed by atoms with van der Waals surface area (Å²) in [6, 6.07) is 10.1. The van der Waals surface area contributed by atoms with Crippen LogP contribution in [0.4, 0.5) is 11.4 Å². The Labute approximate surface area is 131 Å². The van der Waals surface area contributed by atoms with Crippen molar-refractivity contribution in [2.75, 3.05) is 0 Å². The summed E-state index contributed by atoms with van der Waals surface area (Å²) < 4.78 is 4.91. The predicted octanol–water partition coefficient (Wildman–Crippen LogP) is 3.60. The Hall–Kier alpha value is -3.48. The van der Waals surface area contributed by atoms with Crippen molar-refractivity contribution in [1.29, 1.82) is 0 Å². The number of carbonyl (C=O) groups is 2. The monoisotopic (exact) mass is 312 g/mol. The Morgan fingerprint density at radius 3 is 2.22 bits per heavy atom. The van der Waals surface area contributed by atoms with Crippen LogP contribution in [0.3, 0.4) is 0 Å². The second kappa shape index (κ2) is 6.99. The van der Waals surface area contributed by atoms with Crippen molar-refractivity contribution in [2.24, 2.45) is 10.2 Å². The van der Waals surface area contributed by atoms with E-state index in [1.807, 2.05) is 0 Å². The molecule has 7 heteroatoms. The van der Waals surface area contributed by atoms with Crippen molar-refractivity contribution >= 4 is 23.3 Å². The summed E-state index contributed by atoms with van der Waals surface area (Å²) in [5, 5.41) is 26.2. The molecular weight excluding hydrogens is 300 g/mol. The van der Waals surface area contributed by atoms with Gasteiger partial charge in [-0.15, -0.1) is 0 Å². The molecule has 0 unspecified atom stereocenters. The molecule has 0 fully saturated rings. The number of azo groups is 1. The van der Waals surface area contributed by atoms with E-state index < -0.39 is 11.9 Å². The van der Waals surface area contributed by atoms with Gasteiger partial charge < -0.3 is 14.9 Å². The first-order valence-electron chi connectivity index (χ1n) is 6.42. The number of nitrogens with zero attached hydrogens (tertiary/aromatic N) is 2. The molecule has 0 saturated heterocycles. The first kappa shape index (κ1) is 15.9. The van der Waals surface area contributed by atoms with Crippen LogP contribution < -0.4 is 4.74 Å². The molecule has 116 valence electrons. The van der Waals surface area contributed by atoms with Crippen molar-refractivity contribution in [3.63, 3.8) is 0 Å². The summed E-state index contributed by atoms with van der Waals surface area (Å²) in [7, 11) is 0. The number of ether oxygens (including phenoxy) is 1. The quantitative estimate of drug-likeness (QED) is 0.379. The van der Waals surface area contributed by atoms with E-state index in [4.69, 9.17) is 9.84 Å². The molecular formula is C16H12N2O5. The van der Waals surface area contributed by atoms with Gasteiger partial charge in [-0.3, -0.25) is 0 Å². The fraction of sp³-hybridized carbons (Fsp3) is 0. The molecule has 23 heavy (non-hydrogen) atoms. The molecule has 0 radical (unpaired) electrons. The smallest absolute Gasteiger partial charge is 0.339 e. The van der Waals surface area contributed by atoms with Gasteiger partial charge in [-0.05, 0) is 36.4 Å². The number of carboxylic acid groups (broad SMARTS) is 1. The van der Waals surface area contributed by atoms with Gasteiger partial charge in [0.15, 0.2) is 0 Å². The molecule has 0 aliphatic carbocycles. The summed E-state index contributed by atoms with van der Waals surface area (Å²) >= 11 is 0. The molecule has 0 spiro atoms. The van der Waals surface area contributed by atoms with Crippen LogP contribution in [0.5, 0.6) is 11.5 Å². The number of carboxylic acids is 1. The van der Waals surface area contributed by atoms with E-state index in [9.17, 15) is 14.7 Å². The second-order valence-electron chi connectivity index (χ2n) is 4.33. The minimum atomic E-state index is -1.23. The second-order valence-corrected chi connectivity index (χ2v) is 4.33. The summed E-state index contributed by atoms with van der Waals surface area (Å²) in [5.41, 5.74) is 0.581. The average molecular weight is 312 g/mol. The predicted molar refractivity (Wildman–Crippen MR) is 81.5 cm³/mol. The van der Waals surface area contributed by atoms with Crippen LogP contribution >= 0.6 is 0 Å². The lowest BCUT2D eigenvalue weighted by Gasteiger charge is -2.01. The zero-order valence-corrected chi connectivity index (χ0v) is 11.8. The highest BCUT2D eigenvalue weighted by Gasteiger charge is 2.09. The normalized spacial score (nSPS) is 10.4. The molecule has 0 aliphatic heterocycles. The standard InChI is InChI=1S/C16H12N2O5/c1-2-15(20)23-12-6-3-10(4-7-12)17-18-11-5-8-13(16(21)22)14(19)9-11/h2-9,19H,1H2,(H,21,22). The van der Waals surface area contributed by atoms with E-state index in [1.165, 1.54) is 18.2 Å². The molecule has 0 aromatic heterocycles. The van der Waals surface area contributed by atoms with Crippen LogP contribution in [0.15, 0.2) is 65.3 Å². The van der Waals surface area contributed by atoms with E-state index in [-0.39, 0.29) is 11.3 Å². The van der Waals surface area contributed by atoms with Crippen LogP contribution in [-0.4, -0.2) is 22.2 Å². The number of hydrogen-bond donors (Lipinski definition) is 2. The molecule has 2 N–H and O–H groups in total. The van der Waals surface area contributed by atoms with E-state index in [0.717, 1.165) is 6.08 Å². The van der Waals surface area contributed by atoms with Gasteiger partial charge in [-0.25, -0.2) is 9.59 Å². The van der Waals surface area contributed by atoms with Crippen molar-refractivity contribution in [3.05, 3.63) is 60.7 Å². The van der Waals surface area contributed by atoms with Crippen molar-refractivity contribution < 1.29 is 24.5 Å². The Kier molecular flexibility index (Phi) is 4.83. The molecule has 2 aromatic rings. The number of esters is 1. The van der Waals surface area contributed by atoms with Gasteiger partial charge in [0.1, 0.15) is 17.1 Å². The Bertz CT molecular complexity index is 782. The number of hydrogen-bond acceptors (Lipinski definition) is 6. The third-order valence-electron chi connectivity index (χ3n) is 2.71. The molecule has 0 aliphatic rings. The largest absolute Gasteiger partial charge is 0.507 e. The molecule has 7 nitrogen and oxygen atoms in total. The van der Waals surface area contributed by atoms with Crippen molar-refractivity contribution in [3.8, 4) is 11.5 Å². The topological polar surface area (TPSA) is 109 Å². The van der Waals surface area contributed by atoms with E-state index in [1.54, 1.807) is 24.3 Å². The van der Waals surface area contributed by atoms with Crippen LogP contribution in [0, 0.1) is 0 Å². The number of aromatic carboxylic acids is 1. The fourth-order valence-electron chi connectivity index (χ4n) is 1.62. The maximum Gasteiger partial charge on any atom is 0.339 e. The van der Waals surface area contributed by atoms with E-state index in [0.29, 0.717) is 17.1 Å². The van der Waals surface area contributed by atoms with Crippen molar-refractivity contribution in [1.82, 2.24) is 0 Å². The van der Waals surface area contributed by atoms with Gasteiger partial charge in [-0.1, -0.05) is 6.58 Å².